The molecule has 2 aromatic carbocycles. The van der Waals surface area contributed by atoms with Crippen molar-refractivity contribution in [1.82, 2.24) is 20.1 Å². The highest BCUT2D eigenvalue weighted by molar-refractivity contribution is 6.30. The molecule has 1 N–H and O–H groups in total. The third kappa shape index (κ3) is 4.29. The van der Waals surface area contributed by atoms with Crippen molar-refractivity contribution in [2.24, 2.45) is 0 Å². The Balaban J connectivity index is 1.89. The van der Waals surface area contributed by atoms with Crippen LogP contribution in [0.3, 0.4) is 0 Å². The van der Waals surface area contributed by atoms with Crippen LogP contribution < -0.4 is 0 Å². The Morgan fingerprint density at radius 1 is 1.15 bits per heavy atom. The van der Waals surface area contributed by atoms with Crippen molar-refractivity contribution in [3.63, 3.8) is 0 Å². The quantitative estimate of drug-likeness (QED) is 0.664. The van der Waals surface area contributed by atoms with Crippen LogP contribution >= 0.6 is 11.6 Å². The van der Waals surface area contributed by atoms with Crippen LogP contribution in [0.25, 0.3) is 11.4 Å². The number of nitrogens with one attached hydrogen (secondary N) is 1. The molecule has 0 bridgehead atoms. The summed E-state index contributed by atoms with van der Waals surface area (Å²) in [6.45, 7) is 3.36. The second-order valence-electron chi connectivity index (χ2n) is 6.09. The van der Waals surface area contributed by atoms with Gasteiger partial charge in [-0.2, -0.15) is 5.10 Å². The standard InChI is InChI=1S/C20H21ClN4O/c1-2-3-12-25(13-15-8-10-16(21)11-9-15)20(26)18-7-5-4-6-17(18)19-22-14-23-24-19/h4-11,14H,2-3,12-13H2,1H3,(H,22,23,24). The number of rotatable bonds is 7. The van der Waals surface area contributed by atoms with Crippen LogP contribution in [0.15, 0.2) is 54.9 Å². The van der Waals surface area contributed by atoms with E-state index in [2.05, 4.69) is 22.1 Å². The van der Waals surface area contributed by atoms with Gasteiger partial charge in [0, 0.05) is 23.7 Å². The smallest absolute Gasteiger partial charge is 0.254 e. The average Bonchev–Trinajstić information content (AvgIpc) is 3.21. The van der Waals surface area contributed by atoms with E-state index in [0.717, 1.165) is 24.0 Å². The van der Waals surface area contributed by atoms with E-state index >= 15 is 0 Å². The predicted octanol–water partition coefficient (Wildman–Crippen LogP) is 4.57. The Bertz CT molecular complexity index is 847. The zero-order valence-corrected chi connectivity index (χ0v) is 15.4. The number of unbranched alkanes of at least 4 members (excludes halogenated alkanes) is 1. The molecular formula is C20H21ClN4O. The SMILES string of the molecule is CCCCN(Cc1ccc(Cl)cc1)C(=O)c1ccccc1-c1ncn[nH]1. The Labute approximate surface area is 158 Å². The maximum absolute atomic E-state index is 13.3. The monoisotopic (exact) mass is 368 g/mol. The number of carbonyl (C=O) groups is 1. The molecule has 6 heteroatoms. The summed E-state index contributed by atoms with van der Waals surface area (Å²) in [6, 6.07) is 15.1. The van der Waals surface area contributed by atoms with Gasteiger partial charge in [-0.25, -0.2) is 4.98 Å². The highest BCUT2D eigenvalue weighted by Crippen LogP contribution is 2.22. The molecule has 0 aliphatic rings. The highest BCUT2D eigenvalue weighted by atomic mass is 35.5. The molecule has 0 unspecified atom stereocenters. The molecule has 0 aliphatic carbocycles. The van der Waals surface area contributed by atoms with Gasteiger partial charge >= 0.3 is 0 Å². The third-order valence-electron chi connectivity index (χ3n) is 4.18. The fourth-order valence-corrected chi connectivity index (χ4v) is 2.92. The number of benzene rings is 2. The summed E-state index contributed by atoms with van der Waals surface area (Å²) in [5, 5.41) is 7.43. The molecule has 0 atom stereocenters. The number of carbonyl (C=O) groups excluding carboxylic acids is 1. The maximum atomic E-state index is 13.3. The number of aromatic amines is 1. The van der Waals surface area contributed by atoms with Gasteiger partial charge in [-0.1, -0.05) is 55.3 Å². The molecular weight excluding hydrogens is 348 g/mol. The van der Waals surface area contributed by atoms with Crippen molar-refractivity contribution in [3.8, 4) is 11.4 Å². The first-order chi connectivity index (χ1) is 12.7. The minimum Gasteiger partial charge on any atom is -0.334 e. The van der Waals surface area contributed by atoms with Gasteiger partial charge in [0.15, 0.2) is 5.82 Å². The van der Waals surface area contributed by atoms with Gasteiger partial charge in [-0.3, -0.25) is 9.89 Å². The Morgan fingerprint density at radius 3 is 2.62 bits per heavy atom. The highest BCUT2D eigenvalue weighted by Gasteiger charge is 2.20. The fourth-order valence-electron chi connectivity index (χ4n) is 2.79. The number of halogens is 1. The van der Waals surface area contributed by atoms with E-state index in [9.17, 15) is 4.79 Å². The second kappa shape index (κ2) is 8.63. The molecule has 0 spiro atoms. The molecule has 3 rings (SSSR count). The van der Waals surface area contributed by atoms with E-state index < -0.39 is 0 Å². The molecule has 5 nitrogen and oxygen atoms in total. The second-order valence-corrected chi connectivity index (χ2v) is 6.52. The molecule has 134 valence electrons. The fraction of sp³-hybridized carbons (Fsp3) is 0.250. The van der Waals surface area contributed by atoms with Crippen molar-refractivity contribution >= 4 is 17.5 Å². The first-order valence-electron chi connectivity index (χ1n) is 8.67. The number of nitrogens with zero attached hydrogens (tertiary/aromatic N) is 3. The zero-order valence-electron chi connectivity index (χ0n) is 14.7. The lowest BCUT2D eigenvalue weighted by atomic mass is 10.0. The van der Waals surface area contributed by atoms with Gasteiger partial charge in [0.1, 0.15) is 6.33 Å². The molecule has 1 aromatic heterocycles. The van der Waals surface area contributed by atoms with Crippen LogP contribution in [0.4, 0.5) is 0 Å². The van der Waals surface area contributed by atoms with Gasteiger partial charge in [0.25, 0.3) is 5.91 Å². The minimum atomic E-state index is -0.0135. The van der Waals surface area contributed by atoms with Crippen LogP contribution in [0.1, 0.15) is 35.7 Å². The van der Waals surface area contributed by atoms with Crippen LogP contribution in [-0.4, -0.2) is 32.5 Å². The Hall–Kier alpha value is -2.66. The van der Waals surface area contributed by atoms with Crippen molar-refractivity contribution < 1.29 is 4.79 Å². The van der Waals surface area contributed by atoms with Gasteiger partial charge in [-0.15, -0.1) is 0 Å². The minimum absolute atomic E-state index is 0.0135. The topological polar surface area (TPSA) is 61.9 Å². The lowest BCUT2D eigenvalue weighted by molar-refractivity contribution is 0.0741. The summed E-state index contributed by atoms with van der Waals surface area (Å²) < 4.78 is 0. The largest absolute Gasteiger partial charge is 0.334 e. The zero-order chi connectivity index (χ0) is 18.4. The van der Waals surface area contributed by atoms with Crippen LogP contribution in [-0.2, 0) is 6.54 Å². The third-order valence-corrected chi connectivity index (χ3v) is 4.44. The average molecular weight is 369 g/mol. The predicted molar refractivity (Wildman–Crippen MR) is 103 cm³/mol. The summed E-state index contributed by atoms with van der Waals surface area (Å²) in [7, 11) is 0. The van der Waals surface area contributed by atoms with E-state index in [1.165, 1.54) is 6.33 Å². The Morgan fingerprint density at radius 2 is 1.92 bits per heavy atom. The van der Waals surface area contributed by atoms with Gasteiger partial charge < -0.3 is 4.90 Å². The molecule has 1 amide bonds. The van der Waals surface area contributed by atoms with Gasteiger partial charge in [0.2, 0.25) is 0 Å². The lowest BCUT2D eigenvalue weighted by Crippen LogP contribution is -2.32. The first kappa shape index (κ1) is 18.1. The first-order valence-corrected chi connectivity index (χ1v) is 9.05. The molecule has 26 heavy (non-hydrogen) atoms. The van der Waals surface area contributed by atoms with E-state index in [1.54, 1.807) is 0 Å². The van der Waals surface area contributed by atoms with Crippen molar-refractivity contribution in [1.29, 1.82) is 0 Å². The molecule has 1 heterocycles. The van der Waals surface area contributed by atoms with Gasteiger partial charge in [0.05, 0.1) is 5.56 Å². The lowest BCUT2D eigenvalue weighted by Gasteiger charge is -2.24. The maximum Gasteiger partial charge on any atom is 0.254 e. The number of hydrogen-bond donors (Lipinski definition) is 1. The molecule has 0 saturated heterocycles. The van der Waals surface area contributed by atoms with Crippen molar-refractivity contribution in [3.05, 3.63) is 71.0 Å². The number of hydrogen-bond acceptors (Lipinski definition) is 3. The summed E-state index contributed by atoms with van der Waals surface area (Å²) in [4.78, 5) is 19.3. The van der Waals surface area contributed by atoms with E-state index in [0.29, 0.717) is 29.5 Å². The molecule has 0 fully saturated rings. The molecule has 3 aromatic rings. The molecule has 0 radical (unpaired) electrons. The Kier molecular flexibility index (Phi) is 6.02. The van der Waals surface area contributed by atoms with E-state index in [4.69, 9.17) is 11.6 Å². The number of amides is 1. The molecule has 0 saturated carbocycles. The molecule has 0 aliphatic heterocycles. The number of H-pyrrole nitrogens is 1. The van der Waals surface area contributed by atoms with Crippen LogP contribution in [0.2, 0.25) is 5.02 Å². The summed E-state index contributed by atoms with van der Waals surface area (Å²) in [5.41, 5.74) is 2.43. The van der Waals surface area contributed by atoms with E-state index in [1.807, 2.05) is 53.4 Å². The van der Waals surface area contributed by atoms with Crippen LogP contribution in [0.5, 0.6) is 0 Å². The van der Waals surface area contributed by atoms with E-state index in [-0.39, 0.29) is 5.91 Å². The van der Waals surface area contributed by atoms with Crippen LogP contribution in [0, 0.1) is 0 Å². The van der Waals surface area contributed by atoms with Gasteiger partial charge in [-0.05, 0) is 30.2 Å². The van der Waals surface area contributed by atoms with Crippen molar-refractivity contribution in [2.45, 2.75) is 26.3 Å². The summed E-state index contributed by atoms with van der Waals surface area (Å²) >= 11 is 5.97. The summed E-state index contributed by atoms with van der Waals surface area (Å²) in [5.74, 6) is 0.580. The number of aromatic nitrogens is 3. The summed E-state index contributed by atoms with van der Waals surface area (Å²) in [6.07, 6.45) is 3.41. The van der Waals surface area contributed by atoms with Crippen molar-refractivity contribution in [2.75, 3.05) is 6.54 Å². The normalized spacial score (nSPS) is 10.7.